The molecule has 2 N–H and O–H groups in total. The minimum absolute atomic E-state index is 0.144. The number of nitrogens with zero attached hydrogens (tertiary/aromatic N) is 1. The molecule has 6 heteroatoms. The van der Waals surface area contributed by atoms with Crippen LogP contribution in [0.5, 0.6) is 0 Å². The van der Waals surface area contributed by atoms with Crippen molar-refractivity contribution in [3.8, 4) is 0 Å². The fourth-order valence-corrected chi connectivity index (χ4v) is 3.12. The van der Waals surface area contributed by atoms with Crippen molar-refractivity contribution in [1.29, 1.82) is 0 Å². The Morgan fingerprint density at radius 2 is 2.25 bits per heavy atom. The third kappa shape index (κ3) is 4.35. The first kappa shape index (κ1) is 13.9. The highest BCUT2D eigenvalue weighted by atomic mass is 32.2. The molecule has 0 radical (unpaired) electrons. The van der Waals surface area contributed by atoms with Crippen LogP contribution in [0, 0.1) is 5.92 Å². The number of hydrogen-bond acceptors (Lipinski definition) is 3. The molecule has 0 spiro atoms. The van der Waals surface area contributed by atoms with E-state index in [0.29, 0.717) is 32.5 Å². The third-order valence-electron chi connectivity index (χ3n) is 3.02. The molecule has 1 aliphatic heterocycles. The normalized spacial score (nSPS) is 25.6. The molecule has 1 aliphatic rings. The van der Waals surface area contributed by atoms with Crippen LogP contribution in [0.15, 0.2) is 0 Å². The number of alkyl halides is 1. The highest BCUT2D eigenvalue weighted by Gasteiger charge is 2.27. The summed E-state index contributed by atoms with van der Waals surface area (Å²) < 4.78 is 37.5. The molecule has 2 unspecified atom stereocenters. The molecule has 0 aromatic carbocycles. The molecule has 0 aromatic heterocycles. The minimum atomic E-state index is -3.12. The van der Waals surface area contributed by atoms with Gasteiger partial charge >= 0.3 is 0 Å². The molecule has 0 aromatic rings. The average Bonchev–Trinajstić information content (AvgIpc) is 2.17. The summed E-state index contributed by atoms with van der Waals surface area (Å²) in [5, 5.41) is 0. The monoisotopic (exact) mass is 252 g/mol. The largest absolute Gasteiger partial charge is 0.330 e. The lowest BCUT2D eigenvalue weighted by molar-refractivity contribution is 0.195. The highest BCUT2D eigenvalue weighted by molar-refractivity contribution is 7.88. The van der Waals surface area contributed by atoms with Crippen molar-refractivity contribution in [1.82, 2.24) is 4.31 Å². The maximum absolute atomic E-state index is 13.4. The van der Waals surface area contributed by atoms with E-state index in [1.807, 2.05) is 0 Å². The van der Waals surface area contributed by atoms with Crippen LogP contribution in [0.25, 0.3) is 0 Å². The SMILES string of the molecule is CS(=O)(=O)N1CCCC(CC(F)CCN)C1. The van der Waals surface area contributed by atoms with Gasteiger partial charge in [0.1, 0.15) is 6.17 Å². The predicted molar refractivity (Wildman–Crippen MR) is 62.3 cm³/mol. The molecule has 0 bridgehead atoms. The lowest BCUT2D eigenvalue weighted by atomic mass is 9.93. The molecule has 1 fully saturated rings. The second-order valence-corrected chi connectivity index (χ2v) is 6.52. The van der Waals surface area contributed by atoms with Crippen molar-refractivity contribution in [2.45, 2.75) is 31.9 Å². The van der Waals surface area contributed by atoms with Gasteiger partial charge in [-0.25, -0.2) is 17.1 Å². The summed E-state index contributed by atoms with van der Waals surface area (Å²) in [6.07, 6.45) is 2.86. The molecular weight excluding hydrogens is 231 g/mol. The first-order valence-corrected chi connectivity index (χ1v) is 7.57. The van der Waals surface area contributed by atoms with Crippen molar-refractivity contribution >= 4 is 10.0 Å². The van der Waals surface area contributed by atoms with Crippen LogP contribution in [0.1, 0.15) is 25.7 Å². The zero-order valence-electron chi connectivity index (χ0n) is 9.73. The second kappa shape index (κ2) is 5.93. The first-order chi connectivity index (χ1) is 7.43. The van der Waals surface area contributed by atoms with Crippen molar-refractivity contribution in [3.05, 3.63) is 0 Å². The Bertz CT molecular complexity index is 308. The maximum Gasteiger partial charge on any atom is 0.211 e. The van der Waals surface area contributed by atoms with Gasteiger partial charge in [0.25, 0.3) is 0 Å². The van der Waals surface area contributed by atoms with E-state index in [1.165, 1.54) is 10.6 Å². The lowest BCUT2D eigenvalue weighted by Gasteiger charge is -2.31. The molecule has 4 nitrogen and oxygen atoms in total. The van der Waals surface area contributed by atoms with Crippen molar-refractivity contribution in [3.63, 3.8) is 0 Å². The molecule has 0 amide bonds. The Kier molecular flexibility index (Phi) is 5.14. The van der Waals surface area contributed by atoms with E-state index in [4.69, 9.17) is 5.73 Å². The van der Waals surface area contributed by atoms with Gasteiger partial charge in [-0.1, -0.05) is 0 Å². The van der Waals surface area contributed by atoms with E-state index in [0.717, 1.165) is 12.8 Å². The summed E-state index contributed by atoms with van der Waals surface area (Å²) in [6.45, 7) is 1.39. The summed E-state index contributed by atoms with van der Waals surface area (Å²) in [4.78, 5) is 0. The summed E-state index contributed by atoms with van der Waals surface area (Å²) >= 11 is 0. The van der Waals surface area contributed by atoms with E-state index in [1.54, 1.807) is 0 Å². The van der Waals surface area contributed by atoms with Crippen LogP contribution in [-0.4, -0.2) is 44.8 Å². The molecule has 0 aliphatic carbocycles. The summed E-state index contributed by atoms with van der Waals surface area (Å²) in [5.74, 6) is 0.144. The molecule has 1 saturated heterocycles. The average molecular weight is 252 g/mol. The second-order valence-electron chi connectivity index (χ2n) is 4.54. The van der Waals surface area contributed by atoms with Crippen LogP contribution in [-0.2, 0) is 10.0 Å². The smallest absolute Gasteiger partial charge is 0.211 e. The van der Waals surface area contributed by atoms with Crippen LogP contribution in [0.3, 0.4) is 0 Å². The lowest BCUT2D eigenvalue weighted by Crippen LogP contribution is -2.40. The van der Waals surface area contributed by atoms with Crippen LogP contribution >= 0.6 is 0 Å². The van der Waals surface area contributed by atoms with Crippen LogP contribution < -0.4 is 5.73 Å². The molecule has 96 valence electrons. The number of sulfonamides is 1. The molecule has 1 heterocycles. The van der Waals surface area contributed by atoms with Crippen molar-refractivity contribution in [2.24, 2.45) is 11.7 Å². The summed E-state index contributed by atoms with van der Waals surface area (Å²) in [7, 11) is -3.12. The first-order valence-electron chi connectivity index (χ1n) is 5.72. The summed E-state index contributed by atoms with van der Waals surface area (Å²) in [6, 6.07) is 0. The summed E-state index contributed by atoms with van der Waals surface area (Å²) in [5.41, 5.74) is 5.28. The number of piperidine rings is 1. The Morgan fingerprint density at radius 1 is 1.56 bits per heavy atom. The third-order valence-corrected chi connectivity index (χ3v) is 4.29. The van der Waals surface area contributed by atoms with Crippen molar-refractivity contribution in [2.75, 3.05) is 25.9 Å². The van der Waals surface area contributed by atoms with Gasteiger partial charge in [-0.2, -0.15) is 0 Å². The fourth-order valence-electron chi connectivity index (χ4n) is 2.18. The van der Waals surface area contributed by atoms with Gasteiger partial charge in [-0.15, -0.1) is 0 Å². The molecular formula is C10H21FN2O2S. The zero-order valence-corrected chi connectivity index (χ0v) is 10.5. The quantitative estimate of drug-likeness (QED) is 0.784. The number of halogens is 1. The van der Waals surface area contributed by atoms with Gasteiger partial charge < -0.3 is 5.73 Å². The number of nitrogens with two attached hydrogens (primary N) is 1. The molecule has 1 rings (SSSR count). The zero-order chi connectivity index (χ0) is 12.2. The topological polar surface area (TPSA) is 63.4 Å². The highest BCUT2D eigenvalue weighted by Crippen LogP contribution is 2.24. The van der Waals surface area contributed by atoms with E-state index in [9.17, 15) is 12.8 Å². The van der Waals surface area contributed by atoms with Crippen molar-refractivity contribution < 1.29 is 12.8 Å². The molecule has 16 heavy (non-hydrogen) atoms. The standard InChI is InChI=1S/C10H21FN2O2S/c1-16(14,15)13-6-2-3-9(8-13)7-10(11)4-5-12/h9-10H,2-8,12H2,1H3. The predicted octanol–water partition coefficient (Wildman–Crippen LogP) is 0.735. The van der Waals surface area contributed by atoms with Gasteiger partial charge in [0, 0.05) is 13.1 Å². The van der Waals surface area contributed by atoms with Gasteiger partial charge in [0.2, 0.25) is 10.0 Å². The van der Waals surface area contributed by atoms with Gasteiger partial charge in [-0.05, 0) is 38.1 Å². The maximum atomic E-state index is 13.4. The van der Waals surface area contributed by atoms with Crippen LogP contribution in [0.2, 0.25) is 0 Å². The van der Waals surface area contributed by atoms with Gasteiger partial charge in [0.15, 0.2) is 0 Å². The van der Waals surface area contributed by atoms with E-state index >= 15 is 0 Å². The van der Waals surface area contributed by atoms with Gasteiger partial charge in [0.05, 0.1) is 6.26 Å². The Morgan fingerprint density at radius 3 is 2.81 bits per heavy atom. The van der Waals surface area contributed by atoms with E-state index in [-0.39, 0.29) is 5.92 Å². The van der Waals surface area contributed by atoms with E-state index < -0.39 is 16.2 Å². The van der Waals surface area contributed by atoms with E-state index in [2.05, 4.69) is 0 Å². The Hall–Kier alpha value is -0.200. The minimum Gasteiger partial charge on any atom is -0.330 e. The number of hydrogen-bond donors (Lipinski definition) is 1. The number of rotatable bonds is 5. The fraction of sp³-hybridized carbons (Fsp3) is 1.00. The van der Waals surface area contributed by atoms with Crippen LogP contribution in [0.4, 0.5) is 4.39 Å². The molecule has 2 atom stereocenters. The van der Waals surface area contributed by atoms with Gasteiger partial charge in [-0.3, -0.25) is 0 Å². The Balaban J connectivity index is 2.45. The Labute approximate surface area is 97.0 Å². The molecule has 0 saturated carbocycles.